The van der Waals surface area contributed by atoms with Crippen molar-refractivity contribution in [3.63, 3.8) is 0 Å². The highest BCUT2D eigenvalue weighted by Gasteiger charge is 2.29. The standard InChI is InChI=1S/C23H27Cl2FN2O2/c1-4-21(23(30)27-13-15(2)3)28(14-17-9-10-18(24)12-19(17)25)22(29)11-16-7-5-6-8-20(16)26/h5-10,12,15,21H,4,11,13-14H2,1-3H3,(H,27,30). The van der Waals surface area contributed by atoms with Crippen LogP contribution in [-0.4, -0.2) is 29.3 Å². The maximum atomic E-state index is 14.1. The van der Waals surface area contributed by atoms with Crippen molar-refractivity contribution in [3.8, 4) is 0 Å². The van der Waals surface area contributed by atoms with Gasteiger partial charge in [0.1, 0.15) is 11.9 Å². The Kier molecular flexibility index (Phi) is 9.12. The fourth-order valence-electron chi connectivity index (χ4n) is 3.08. The topological polar surface area (TPSA) is 49.4 Å². The van der Waals surface area contributed by atoms with Crippen LogP contribution < -0.4 is 5.32 Å². The summed E-state index contributed by atoms with van der Waals surface area (Å²) < 4.78 is 14.1. The summed E-state index contributed by atoms with van der Waals surface area (Å²) in [6.07, 6.45) is 0.268. The summed E-state index contributed by atoms with van der Waals surface area (Å²) in [5, 5.41) is 3.78. The summed E-state index contributed by atoms with van der Waals surface area (Å²) in [5.74, 6) is -0.761. The van der Waals surface area contributed by atoms with Gasteiger partial charge in [0.15, 0.2) is 0 Å². The molecular weight excluding hydrogens is 426 g/mol. The maximum absolute atomic E-state index is 14.1. The number of rotatable bonds is 9. The summed E-state index contributed by atoms with van der Waals surface area (Å²) in [6, 6.07) is 10.4. The van der Waals surface area contributed by atoms with Crippen LogP contribution in [0, 0.1) is 11.7 Å². The fourth-order valence-corrected chi connectivity index (χ4v) is 3.55. The molecule has 2 rings (SSSR count). The summed E-state index contributed by atoms with van der Waals surface area (Å²) >= 11 is 12.3. The molecule has 0 aliphatic heterocycles. The minimum Gasteiger partial charge on any atom is -0.354 e. The van der Waals surface area contributed by atoms with Gasteiger partial charge in [0.05, 0.1) is 6.42 Å². The van der Waals surface area contributed by atoms with Gasteiger partial charge in [-0.05, 0) is 41.7 Å². The first-order valence-corrected chi connectivity index (χ1v) is 10.7. The molecule has 1 atom stereocenters. The van der Waals surface area contributed by atoms with E-state index in [1.165, 1.54) is 11.0 Å². The molecule has 0 saturated heterocycles. The Morgan fingerprint density at radius 1 is 1.10 bits per heavy atom. The van der Waals surface area contributed by atoms with Gasteiger partial charge in [0.25, 0.3) is 0 Å². The Morgan fingerprint density at radius 3 is 2.40 bits per heavy atom. The molecule has 0 bridgehead atoms. The number of amides is 2. The van der Waals surface area contributed by atoms with Crippen LogP contribution in [0.5, 0.6) is 0 Å². The first kappa shape index (κ1) is 24.2. The molecule has 30 heavy (non-hydrogen) atoms. The monoisotopic (exact) mass is 452 g/mol. The molecule has 0 radical (unpaired) electrons. The average molecular weight is 453 g/mol. The number of hydrogen-bond acceptors (Lipinski definition) is 2. The van der Waals surface area contributed by atoms with E-state index in [9.17, 15) is 14.0 Å². The normalized spacial score (nSPS) is 12.0. The van der Waals surface area contributed by atoms with Gasteiger partial charge in [-0.3, -0.25) is 9.59 Å². The SMILES string of the molecule is CCC(C(=O)NCC(C)C)N(Cc1ccc(Cl)cc1Cl)C(=O)Cc1ccccc1F. The number of hydrogen-bond donors (Lipinski definition) is 1. The molecule has 1 unspecified atom stereocenters. The Morgan fingerprint density at radius 2 is 1.80 bits per heavy atom. The first-order chi connectivity index (χ1) is 14.2. The molecule has 0 saturated carbocycles. The highest BCUT2D eigenvalue weighted by Crippen LogP contribution is 2.24. The van der Waals surface area contributed by atoms with Crippen molar-refractivity contribution >= 4 is 35.0 Å². The van der Waals surface area contributed by atoms with E-state index >= 15 is 0 Å². The Hall–Kier alpha value is -2.11. The molecule has 162 valence electrons. The van der Waals surface area contributed by atoms with Crippen LogP contribution in [0.1, 0.15) is 38.3 Å². The van der Waals surface area contributed by atoms with Gasteiger partial charge in [-0.15, -0.1) is 0 Å². The first-order valence-electron chi connectivity index (χ1n) is 9.97. The molecule has 0 aromatic heterocycles. The van der Waals surface area contributed by atoms with Gasteiger partial charge in [0, 0.05) is 23.1 Å². The molecule has 2 amide bonds. The largest absolute Gasteiger partial charge is 0.354 e. The predicted molar refractivity (Wildman–Crippen MR) is 119 cm³/mol. The minimum absolute atomic E-state index is 0.122. The molecule has 7 heteroatoms. The predicted octanol–water partition coefficient (Wildman–Crippen LogP) is 5.25. The second kappa shape index (κ2) is 11.3. The van der Waals surface area contributed by atoms with Gasteiger partial charge >= 0.3 is 0 Å². The van der Waals surface area contributed by atoms with Crippen LogP contribution in [0.4, 0.5) is 4.39 Å². The van der Waals surface area contributed by atoms with E-state index < -0.39 is 11.9 Å². The van der Waals surface area contributed by atoms with Crippen molar-refractivity contribution in [1.82, 2.24) is 10.2 Å². The van der Waals surface area contributed by atoms with E-state index in [-0.39, 0.29) is 36.3 Å². The molecule has 2 aromatic carbocycles. The van der Waals surface area contributed by atoms with Crippen molar-refractivity contribution < 1.29 is 14.0 Å². The second-order valence-electron chi connectivity index (χ2n) is 7.59. The molecular formula is C23H27Cl2FN2O2. The van der Waals surface area contributed by atoms with Crippen LogP contribution in [0.2, 0.25) is 10.0 Å². The molecule has 0 spiro atoms. The third-order valence-corrected chi connectivity index (χ3v) is 5.31. The zero-order valence-electron chi connectivity index (χ0n) is 17.4. The van der Waals surface area contributed by atoms with Crippen LogP contribution >= 0.6 is 23.2 Å². The van der Waals surface area contributed by atoms with E-state index in [4.69, 9.17) is 23.2 Å². The number of carbonyl (C=O) groups excluding carboxylic acids is 2. The Bertz CT molecular complexity index is 889. The zero-order valence-corrected chi connectivity index (χ0v) is 18.9. The van der Waals surface area contributed by atoms with Crippen LogP contribution in [-0.2, 0) is 22.6 Å². The van der Waals surface area contributed by atoms with Gasteiger partial charge in [-0.1, -0.05) is 68.2 Å². The number of halogens is 3. The van der Waals surface area contributed by atoms with Crippen LogP contribution in [0.15, 0.2) is 42.5 Å². The zero-order chi connectivity index (χ0) is 22.3. The lowest BCUT2D eigenvalue weighted by molar-refractivity contribution is -0.141. The van der Waals surface area contributed by atoms with Crippen molar-refractivity contribution in [1.29, 1.82) is 0 Å². The number of carbonyl (C=O) groups is 2. The van der Waals surface area contributed by atoms with Crippen molar-refractivity contribution in [2.45, 2.75) is 46.2 Å². The minimum atomic E-state index is -0.699. The average Bonchev–Trinajstić information content (AvgIpc) is 2.69. The third kappa shape index (κ3) is 6.71. The summed E-state index contributed by atoms with van der Waals surface area (Å²) in [6.45, 7) is 6.46. The van der Waals surface area contributed by atoms with Crippen LogP contribution in [0.25, 0.3) is 0 Å². The summed E-state index contributed by atoms with van der Waals surface area (Å²) in [7, 11) is 0. The highest BCUT2D eigenvalue weighted by molar-refractivity contribution is 6.35. The van der Waals surface area contributed by atoms with Crippen molar-refractivity contribution in [3.05, 3.63) is 69.5 Å². The number of nitrogens with zero attached hydrogens (tertiary/aromatic N) is 1. The van der Waals surface area contributed by atoms with Crippen molar-refractivity contribution in [2.24, 2.45) is 5.92 Å². The smallest absolute Gasteiger partial charge is 0.242 e. The van der Waals surface area contributed by atoms with Gasteiger partial charge in [-0.2, -0.15) is 0 Å². The summed E-state index contributed by atoms with van der Waals surface area (Å²) in [5.41, 5.74) is 0.949. The molecule has 0 fully saturated rings. The van der Waals surface area contributed by atoms with Gasteiger partial charge in [-0.25, -0.2) is 4.39 Å². The van der Waals surface area contributed by atoms with E-state index in [1.807, 2.05) is 20.8 Å². The number of benzene rings is 2. The molecule has 0 heterocycles. The van der Waals surface area contributed by atoms with E-state index in [1.54, 1.807) is 36.4 Å². The maximum Gasteiger partial charge on any atom is 0.242 e. The lowest BCUT2D eigenvalue weighted by Gasteiger charge is -2.31. The molecule has 2 aromatic rings. The van der Waals surface area contributed by atoms with Gasteiger partial charge < -0.3 is 10.2 Å². The second-order valence-corrected chi connectivity index (χ2v) is 8.43. The van der Waals surface area contributed by atoms with Gasteiger partial charge in [0.2, 0.25) is 11.8 Å². The molecule has 0 aliphatic rings. The van der Waals surface area contributed by atoms with Crippen LogP contribution in [0.3, 0.4) is 0 Å². The van der Waals surface area contributed by atoms with E-state index in [0.29, 0.717) is 28.6 Å². The third-order valence-electron chi connectivity index (χ3n) is 4.73. The number of nitrogens with one attached hydrogen (secondary N) is 1. The fraction of sp³-hybridized carbons (Fsp3) is 0.391. The Balaban J connectivity index is 2.33. The Labute approximate surface area is 187 Å². The van der Waals surface area contributed by atoms with Crippen molar-refractivity contribution in [2.75, 3.05) is 6.54 Å². The van der Waals surface area contributed by atoms with E-state index in [0.717, 1.165) is 0 Å². The highest BCUT2D eigenvalue weighted by atomic mass is 35.5. The lowest BCUT2D eigenvalue weighted by Crippen LogP contribution is -2.50. The quantitative estimate of drug-likeness (QED) is 0.564. The summed E-state index contributed by atoms with van der Waals surface area (Å²) in [4.78, 5) is 27.5. The molecule has 4 nitrogen and oxygen atoms in total. The molecule has 1 N–H and O–H groups in total. The molecule has 0 aliphatic carbocycles. The van der Waals surface area contributed by atoms with E-state index in [2.05, 4.69) is 5.32 Å². The lowest BCUT2D eigenvalue weighted by atomic mass is 10.1.